The summed E-state index contributed by atoms with van der Waals surface area (Å²) in [5.41, 5.74) is -2.04. The Kier molecular flexibility index (Phi) is 11.6. The zero-order valence-electron chi connectivity index (χ0n) is 22.8. The molecule has 0 radical (unpaired) electrons. The van der Waals surface area contributed by atoms with Crippen LogP contribution in [-0.4, -0.2) is 67.5 Å². The summed E-state index contributed by atoms with van der Waals surface area (Å²) in [4.78, 5) is 13.0. The molecule has 1 aromatic carbocycles. The Morgan fingerprint density at radius 3 is 2.44 bits per heavy atom. The quantitative estimate of drug-likeness (QED) is 0.322. The molecule has 0 bridgehead atoms. The number of hydrogen-bond donors (Lipinski definition) is 2. The Bertz CT molecular complexity index is 1330. The van der Waals surface area contributed by atoms with Gasteiger partial charge in [0.1, 0.15) is 5.75 Å². The summed E-state index contributed by atoms with van der Waals surface area (Å²) in [6.45, 7) is 1.06. The van der Waals surface area contributed by atoms with E-state index in [2.05, 4.69) is 20.5 Å². The van der Waals surface area contributed by atoms with Crippen molar-refractivity contribution < 1.29 is 39.9 Å². The highest BCUT2D eigenvalue weighted by atomic mass is 79.9. The molecule has 0 spiro atoms. The summed E-state index contributed by atoms with van der Waals surface area (Å²) in [5.74, 6) is -1.04. The summed E-state index contributed by atoms with van der Waals surface area (Å²) < 4.78 is 96.2. The Balaban J connectivity index is 0.00000588. The molecular weight excluding hydrogens is 663 g/mol. The fourth-order valence-electron chi connectivity index (χ4n) is 4.48. The molecule has 1 aliphatic rings. The van der Waals surface area contributed by atoms with Crippen LogP contribution in [0.15, 0.2) is 18.2 Å². The van der Waals surface area contributed by atoms with Gasteiger partial charge >= 0.3 is 12.8 Å². The fraction of sp³-hybridized carbons (Fsp3) is 0.600. The van der Waals surface area contributed by atoms with Crippen LogP contribution >= 0.6 is 28.6 Å². The van der Waals surface area contributed by atoms with Gasteiger partial charge in [0, 0.05) is 37.5 Å². The number of nitrogens with zero attached hydrogens (tertiary/aromatic N) is 2. The average molecular weight is 696 g/mol. The Morgan fingerprint density at radius 1 is 1.27 bits per heavy atom. The van der Waals surface area contributed by atoms with Crippen molar-refractivity contribution >= 4 is 44.3 Å². The minimum atomic E-state index is -4.52. The van der Waals surface area contributed by atoms with E-state index in [0.29, 0.717) is 12.8 Å². The molecule has 2 N–H and O–H groups in total. The number of nitrogens with one attached hydrogen (secondary N) is 2. The Labute approximate surface area is 251 Å². The highest BCUT2D eigenvalue weighted by Crippen LogP contribution is 2.43. The fourth-order valence-corrected chi connectivity index (χ4v) is 5.76. The van der Waals surface area contributed by atoms with Gasteiger partial charge < -0.3 is 15.4 Å². The predicted octanol–water partition coefficient (Wildman–Crippen LogP) is 5.43. The van der Waals surface area contributed by atoms with Crippen LogP contribution < -0.4 is 15.4 Å². The third-order valence-electron chi connectivity index (χ3n) is 6.93. The van der Waals surface area contributed by atoms with Gasteiger partial charge in [0.05, 0.1) is 21.4 Å². The topological polar surface area (TPSA) is 102 Å². The lowest BCUT2D eigenvalue weighted by molar-refractivity contribution is -0.211. The lowest BCUT2D eigenvalue weighted by Gasteiger charge is -2.28. The van der Waals surface area contributed by atoms with Crippen LogP contribution in [0.2, 0.25) is 5.02 Å². The van der Waals surface area contributed by atoms with E-state index in [4.69, 9.17) is 11.6 Å². The number of carbonyl (C=O) groups is 1. The van der Waals surface area contributed by atoms with Gasteiger partial charge in [-0.05, 0) is 43.9 Å². The number of hydrogen-bond acceptors (Lipinski definition) is 6. The maximum Gasteiger partial charge on any atom is 0.394 e. The molecule has 1 fully saturated rings. The van der Waals surface area contributed by atoms with Crippen LogP contribution in [0.1, 0.15) is 49.7 Å². The second-order valence-electron chi connectivity index (χ2n) is 10.4. The molecule has 2 atom stereocenters. The van der Waals surface area contributed by atoms with Crippen molar-refractivity contribution in [2.75, 3.05) is 19.3 Å². The first-order valence-electron chi connectivity index (χ1n) is 12.6. The lowest BCUT2D eigenvalue weighted by Crippen LogP contribution is -2.49. The van der Waals surface area contributed by atoms with Gasteiger partial charge in [-0.1, -0.05) is 31.5 Å². The molecule has 16 heteroatoms. The molecule has 3 rings (SSSR count). The molecular formula is C25H33BrClF5N4O4S. The number of halogens is 7. The van der Waals surface area contributed by atoms with E-state index < -0.39 is 51.4 Å². The molecule has 0 saturated carbocycles. The third kappa shape index (κ3) is 8.54. The number of piperidine rings is 1. The minimum Gasteiger partial charge on any atom is -0.434 e. The number of alkyl halides is 5. The molecule has 232 valence electrons. The second-order valence-corrected chi connectivity index (χ2v) is 13.1. The maximum atomic E-state index is 13.4. The van der Waals surface area contributed by atoms with Gasteiger partial charge in [0.15, 0.2) is 15.5 Å². The molecule has 1 saturated heterocycles. The van der Waals surface area contributed by atoms with Gasteiger partial charge in [0.25, 0.3) is 5.91 Å². The first kappa shape index (κ1) is 35.2. The molecule has 2 unspecified atom stereocenters. The van der Waals surface area contributed by atoms with E-state index >= 15 is 0 Å². The highest BCUT2D eigenvalue weighted by molar-refractivity contribution is 8.93. The standard InChI is InChI=1S/C25H32ClF5N4O4S.BrH/c1-5-35-21(17-9-6-14(10-18(17)39-23(27)28)11-24(2,3)25(29,30)31)19(26)20(34-35)22(36)33-12-15-7-8-16(13-32-15)40(4,37)38;/h6,9-10,15-16,23,32H,5,7-8,11-13H2,1-4H3,(H,33,36);1H. The number of amides is 1. The zero-order valence-corrected chi connectivity index (χ0v) is 26.1. The largest absolute Gasteiger partial charge is 0.434 e. The van der Waals surface area contributed by atoms with Crippen molar-refractivity contribution in [2.24, 2.45) is 5.41 Å². The number of sulfone groups is 1. The van der Waals surface area contributed by atoms with Crippen molar-refractivity contribution in [3.8, 4) is 17.0 Å². The lowest BCUT2D eigenvalue weighted by atomic mass is 9.84. The summed E-state index contributed by atoms with van der Waals surface area (Å²) in [5, 5.41) is 9.39. The monoisotopic (exact) mass is 694 g/mol. The smallest absolute Gasteiger partial charge is 0.394 e. The molecule has 2 heterocycles. The van der Waals surface area contributed by atoms with Gasteiger partial charge in [-0.2, -0.15) is 27.1 Å². The van der Waals surface area contributed by atoms with Gasteiger partial charge in [0.2, 0.25) is 0 Å². The van der Waals surface area contributed by atoms with Crippen molar-refractivity contribution in [3.63, 3.8) is 0 Å². The summed E-state index contributed by atoms with van der Waals surface area (Å²) in [7, 11) is -3.18. The zero-order chi connectivity index (χ0) is 30.0. The molecule has 2 aromatic rings. The molecule has 1 amide bonds. The highest BCUT2D eigenvalue weighted by Gasteiger charge is 2.47. The van der Waals surface area contributed by atoms with Crippen molar-refractivity contribution in [2.45, 2.75) is 70.7 Å². The second kappa shape index (κ2) is 13.6. The van der Waals surface area contributed by atoms with Gasteiger partial charge in [-0.25, -0.2) is 8.42 Å². The van der Waals surface area contributed by atoms with Gasteiger partial charge in [-0.15, -0.1) is 17.0 Å². The van der Waals surface area contributed by atoms with E-state index in [-0.39, 0.29) is 70.2 Å². The number of carbonyl (C=O) groups excluding carboxylic acids is 1. The Hall–Kier alpha value is -1.97. The third-order valence-corrected chi connectivity index (χ3v) is 8.90. The number of benzene rings is 1. The predicted molar refractivity (Wildman–Crippen MR) is 151 cm³/mol. The number of ether oxygens (including phenoxy) is 1. The van der Waals surface area contributed by atoms with E-state index in [9.17, 15) is 35.2 Å². The normalized spacial score (nSPS) is 18.2. The average Bonchev–Trinajstić information content (AvgIpc) is 3.17. The first-order chi connectivity index (χ1) is 18.4. The van der Waals surface area contributed by atoms with Crippen LogP contribution in [-0.2, 0) is 22.8 Å². The van der Waals surface area contributed by atoms with Crippen LogP contribution in [0, 0.1) is 5.41 Å². The summed E-state index contributed by atoms with van der Waals surface area (Å²) in [6, 6.07) is 3.62. The number of rotatable bonds is 10. The minimum absolute atomic E-state index is 0. The molecule has 8 nitrogen and oxygen atoms in total. The van der Waals surface area contributed by atoms with Crippen molar-refractivity contribution in [1.82, 2.24) is 20.4 Å². The molecule has 1 aliphatic heterocycles. The van der Waals surface area contributed by atoms with Crippen LogP contribution in [0.5, 0.6) is 5.75 Å². The van der Waals surface area contributed by atoms with E-state index in [1.165, 1.54) is 23.1 Å². The molecule has 41 heavy (non-hydrogen) atoms. The van der Waals surface area contributed by atoms with E-state index in [1.807, 2.05) is 0 Å². The van der Waals surface area contributed by atoms with Crippen LogP contribution in [0.3, 0.4) is 0 Å². The molecule has 1 aromatic heterocycles. The van der Waals surface area contributed by atoms with Crippen molar-refractivity contribution in [1.29, 1.82) is 0 Å². The van der Waals surface area contributed by atoms with Crippen LogP contribution in [0.25, 0.3) is 11.3 Å². The first-order valence-corrected chi connectivity index (χ1v) is 14.9. The maximum absolute atomic E-state index is 13.4. The SMILES string of the molecule is Br.CCn1nc(C(=O)NCC2CCC(S(C)(=O)=O)CN2)c(Cl)c1-c1ccc(CC(C)(C)C(F)(F)F)cc1OC(F)F. The number of aromatic nitrogens is 2. The Morgan fingerprint density at radius 2 is 1.93 bits per heavy atom. The van der Waals surface area contributed by atoms with Crippen molar-refractivity contribution in [3.05, 3.63) is 34.5 Å². The number of aryl methyl sites for hydroxylation is 1. The molecule has 0 aliphatic carbocycles. The van der Waals surface area contributed by atoms with E-state index in [0.717, 1.165) is 19.9 Å². The van der Waals surface area contributed by atoms with E-state index in [1.54, 1.807) is 6.92 Å². The summed E-state index contributed by atoms with van der Waals surface area (Å²) >= 11 is 6.52. The van der Waals surface area contributed by atoms with Gasteiger partial charge in [-0.3, -0.25) is 9.48 Å². The summed E-state index contributed by atoms with van der Waals surface area (Å²) in [6.07, 6.45) is -2.86. The van der Waals surface area contributed by atoms with Crippen LogP contribution in [0.4, 0.5) is 22.0 Å².